The number of hydrogen-bond acceptors (Lipinski definition) is 5. The Balaban J connectivity index is 2.23. The minimum absolute atomic E-state index is 0.168. The minimum atomic E-state index is -3.72. The molecule has 1 heterocycles. The topological polar surface area (TPSA) is 75.7 Å². The second-order valence-electron chi connectivity index (χ2n) is 8.34. The summed E-state index contributed by atoms with van der Waals surface area (Å²) in [5.74, 6) is 0. The lowest BCUT2D eigenvalue weighted by Gasteiger charge is -2.29. The highest BCUT2D eigenvalue weighted by molar-refractivity contribution is 7.89. The zero-order chi connectivity index (χ0) is 22.9. The van der Waals surface area contributed by atoms with Crippen LogP contribution >= 0.6 is 11.3 Å². The molecule has 1 N–H and O–H groups in total. The predicted molar refractivity (Wildman–Crippen MR) is 126 cm³/mol. The van der Waals surface area contributed by atoms with Crippen molar-refractivity contribution < 1.29 is 17.9 Å². The molecule has 1 atom stereocenters. The molecule has 1 aromatic heterocycles. The van der Waals surface area contributed by atoms with Gasteiger partial charge >= 0.3 is 6.09 Å². The van der Waals surface area contributed by atoms with Crippen LogP contribution < -0.4 is 5.32 Å². The molecule has 0 aliphatic carbocycles. The maximum Gasteiger partial charge on any atom is 0.407 e. The summed E-state index contributed by atoms with van der Waals surface area (Å²) >= 11 is 1.60. The fourth-order valence-electron chi connectivity index (χ4n) is 3.06. The van der Waals surface area contributed by atoms with E-state index in [4.69, 9.17) is 4.74 Å². The van der Waals surface area contributed by atoms with E-state index < -0.39 is 21.7 Å². The Morgan fingerprint density at radius 3 is 2.48 bits per heavy atom. The standard InChI is InChI=1S/C23H33N2O4S2/c1-5-6-11-19(24-22(26)29-23(2,3)4)18-25(16-15-20-12-10-17-30-20)31(27,28)21-13-8-7-9-14-21/h7-10,12-14,17,19H,1,5-6,11,15-16,18H2,2-4H3,(H,24,26)/t19-/m0/s1. The molecule has 0 unspecified atom stereocenters. The molecule has 171 valence electrons. The highest BCUT2D eigenvalue weighted by atomic mass is 32.2. The molecular weight excluding hydrogens is 432 g/mol. The van der Waals surface area contributed by atoms with E-state index in [0.717, 1.165) is 11.3 Å². The number of sulfonamides is 1. The van der Waals surface area contributed by atoms with Crippen molar-refractivity contribution >= 4 is 27.5 Å². The van der Waals surface area contributed by atoms with Gasteiger partial charge in [-0.15, -0.1) is 11.3 Å². The lowest BCUT2D eigenvalue weighted by atomic mass is 10.1. The zero-order valence-corrected chi connectivity index (χ0v) is 20.2. The van der Waals surface area contributed by atoms with Crippen LogP contribution in [-0.2, 0) is 21.2 Å². The van der Waals surface area contributed by atoms with E-state index in [1.165, 1.54) is 4.31 Å². The van der Waals surface area contributed by atoms with E-state index in [1.54, 1.807) is 62.4 Å². The van der Waals surface area contributed by atoms with Gasteiger partial charge in [0.05, 0.1) is 4.90 Å². The predicted octanol–water partition coefficient (Wildman–Crippen LogP) is 4.88. The van der Waals surface area contributed by atoms with Gasteiger partial charge in [-0.1, -0.05) is 44.0 Å². The molecule has 0 spiro atoms. The summed E-state index contributed by atoms with van der Waals surface area (Å²) < 4.78 is 33.6. The van der Waals surface area contributed by atoms with Crippen molar-refractivity contribution in [2.45, 2.75) is 63.0 Å². The number of unbranched alkanes of at least 4 members (excludes halogenated alkanes) is 1. The molecule has 8 heteroatoms. The Hall–Kier alpha value is -1.90. The minimum Gasteiger partial charge on any atom is -0.444 e. The average molecular weight is 466 g/mol. The molecule has 31 heavy (non-hydrogen) atoms. The van der Waals surface area contributed by atoms with Gasteiger partial charge in [-0.3, -0.25) is 0 Å². The van der Waals surface area contributed by atoms with Crippen molar-refractivity contribution in [1.82, 2.24) is 9.62 Å². The number of rotatable bonds is 11. The fraction of sp³-hybridized carbons (Fsp3) is 0.478. The molecular formula is C23H33N2O4S2. The van der Waals surface area contributed by atoms with Gasteiger partial charge in [-0.05, 0) is 57.2 Å². The van der Waals surface area contributed by atoms with Crippen molar-refractivity contribution in [3.63, 3.8) is 0 Å². The van der Waals surface area contributed by atoms with Crippen LogP contribution in [0.2, 0.25) is 0 Å². The van der Waals surface area contributed by atoms with Crippen molar-refractivity contribution in [2.24, 2.45) is 0 Å². The van der Waals surface area contributed by atoms with Crippen LogP contribution in [0.3, 0.4) is 0 Å². The molecule has 0 saturated heterocycles. The Bertz CT molecular complexity index is 891. The van der Waals surface area contributed by atoms with E-state index in [9.17, 15) is 13.2 Å². The Morgan fingerprint density at radius 2 is 1.90 bits per heavy atom. The summed E-state index contributed by atoms with van der Waals surface area (Å²) in [5, 5.41) is 4.84. The number of benzene rings is 1. The monoisotopic (exact) mass is 465 g/mol. The summed E-state index contributed by atoms with van der Waals surface area (Å²) in [6.45, 7) is 9.75. The molecule has 0 fully saturated rings. The maximum absolute atomic E-state index is 13.4. The Morgan fingerprint density at radius 1 is 1.19 bits per heavy atom. The molecule has 1 amide bonds. The first-order valence-corrected chi connectivity index (χ1v) is 12.8. The number of ether oxygens (including phenoxy) is 1. The van der Waals surface area contributed by atoms with E-state index in [2.05, 4.69) is 12.2 Å². The van der Waals surface area contributed by atoms with Crippen molar-refractivity contribution in [3.8, 4) is 0 Å². The lowest BCUT2D eigenvalue weighted by Crippen LogP contribution is -2.47. The molecule has 1 radical (unpaired) electrons. The normalized spacial score (nSPS) is 13.2. The second-order valence-corrected chi connectivity index (χ2v) is 11.3. The first-order valence-electron chi connectivity index (χ1n) is 10.5. The van der Waals surface area contributed by atoms with Gasteiger partial charge < -0.3 is 10.1 Å². The number of carbonyl (C=O) groups is 1. The largest absolute Gasteiger partial charge is 0.444 e. The van der Waals surface area contributed by atoms with Crippen LogP contribution in [-0.4, -0.2) is 43.5 Å². The SMILES string of the molecule is [CH2]CCC[C@@H](CN(CCc1cccs1)S(=O)(=O)c1ccccc1)NC(=O)OC(C)(C)C. The summed E-state index contributed by atoms with van der Waals surface area (Å²) in [6.07, 6.45) is 2.15. The van der Waals surface area contributed by atoms with E-state index in [1.807, 2.05) is 17.5 Å². The number of nitrogens with one attached hydrogen (secondary N) is 1. The third kappa shape index (κ3) is 8.63. The Kier molecular flexibility index (Phi) is 9.53. The Labute approximate surface area is 190 Å². The van der Waals surface area contributed by atoms with Crippen molar-refractivity contribution in [3.05, 3.63) is 59.6 Å². The third-order valence-corrected chi connectivity index (χ3v) is 7.33. The molecule has 6 nitrogen and oxygen atoms in total. The number of nitrogens with zero attached hydrogens (tertiary/aromatic N) is 1. The van der Waals surface area contributed by atoms with Crippen molar-refractivity contribution in [2.75, 3.05) is 13.1 Å². The van der Waals surface area contributed by atoms with Gasteiger partial charge in [-0.2, -0.15) is 4.31 Å². The van der Waals surface area contributed by atoms with Gasteiger partial charge in [0.2, 0.25) is 10.0 Å². The number of thiophene rings is 1. The molecule has 0 bridgehead atoms. The van der Waals surface area contributed by atoms with Crippen LogP contribution in [0, 0.1) is 6.92 Å². The van der Waals surface area contributed by atoms with Gasteiger partial charge in [0.15, 0.2) is 0 Å². The fourth-order valence-corrected chi connectivity index (χ4v) is 5.27. The summed E-state index contributed by atoms with van der Waals surface area (Å²) in [4.78, 5) is 13.7. The van der Waals surface area contributed by atoms with Crippen LogP contribution in [0.1, 0.15) is 44.9 Å². The van der Waals surface area contributed by atoms with Gasteiger partial charge in [-0.25, -0.2) is 13.2 Å². The highest BCUT2D eigenvalue weighted by Crippen LogP contribution is 2.19. The molecule has 2 aromatic rings. The number of hydrogen-bond donors (Lipinski definition) is 1. The van der Waals surface area contributed by atoms with Crippen LogP contribution in [0.25, 0.3) is 0 Å². The third-order valence-electron chi connectivity index (χ3n) is 4.52. The van der Waals surface area contributed by atoms with Gasteiger partial charge in [0.1, 0.15) is 5.60 Å². The van der Waals surface area contributed by atoms with Crippen LogP contribution in [0.5, 0.6) is 0 Å². The van der Waals surface area contributed by atoms with Gasteiger partial charge in [0, 0.05) is 24.0 Å². The molecule has 0 aliphatic rings. The second kappa shape index (κ2) is 11.6. The number of alkyl carbamates (subject to hydrolysis) is 1. The molecule has 0 aliphatic heterocycles. The summed E-state index contributed by atoms with van der Waals surface area (Å²) in [6, 6.07) is 12.0. The average Bonchev–Trinajstić information content (AvgIpc) is 3.21. The first-order chi connectivity index (χ1) is 14.6. The molecule has 0 saturated carbocycles. The molecule has 1 aromatic carbocycles. The number of carbonyl (C=O) groups excluding carboxylic acids is 1. The summed E-state index contributed by atoms with van der Waals surface area (Å²) in [7, 11) is -3.72. The number of amides is 1. The van der Waals surface area contributed by atoms with E-state index in [-0.39, 0.29) is 17.5 Å². The smallest absolute Gasteiger partial charge is 0.407 e. The van der Waals surface area contributed by atoms with E-state index >= 15 is 0 Å². The van der Waals surface area contributed by atoms with Crippen LogP contribution in [0.4, 0.5) is 4.79 Å². The summed E-state index contributed by atoms with van der Waals surface area (Å²) in [5.41, 5.74) is -0.629. The van der Waals surface area contributed by atoms with Crippen molar-refractivity contribution in [1.29, 1.82) is 0 Å². The quantitative estimate of drug-likeness (QED) is 0.513. The zero-order valence-electron chi connectivity index (χ0n) is 18.5. The molecule has 2 rings (SSSR count). The van der Waals surface area contributed by atoms with Crippen LogP contribution in [0.15, 0.2) is 52.7 Å². The van der Waals surface area contributed by atoms with Gasteiger partial charge in [0.25, 0.3) is 0 Å². The highest BCUT2D eigenvalue weighted by Gasteiger charge is 2.28. The first kappa shape index (κ1) is 25.4. The van der Waals surface area contributed by atoms with E-state index in [0.29, 0.717) is 25.8 Å². The maximum atomic E-state index is 13.4. The lowest BCUT2D eigenvalue weighted by molar-refractivity contribution is 0.0495.